The minimum atomic E-state index is 0.205. The Morgan fingerprint density at radius 3 is 2.60 bits per heavy atom. The molecule has 130 valence electrons. The van der Waals surface area contributed by atoms with Crippen molar-refractivity contribution >= 4 is 11.6 Å². The van der Waals surface area contributed by atoms with Gasteiger partial charge in [-0.15, -0.1) is 0 Å². The van der Waals surface area contributed by atoms with E-state index < -0.39 is 0 Å². The second kappa shape index (κ2) is 6.67. The molecule has 2 aliphatic heterocycles. The lowest BCUT2D eigenvalue weighted by atomic mass is 10.1. The fourth-order valence-corrected chi connectivity index (χ4v) is 3.40. The molecule has 5 heteroatoms. The van der Waals surface area contributed by atoms with Gasteiger partial charge in [-0.25, -0.2) is 0 Å². The third kappa shape index (κ3) is 3.40. The molecule has 2 aromatic carbocycles. The van der Waals surface area contributed by atoms with Gasteiger partial charge in [0.05, 0.1) is 6.42 Å². The summed E-state index contributed by atoms with van der Waals surface area (Å²) in [6, 6.07) is 14.2. The maximum Gasteiger partial charge on any atom is 0.231 e. The molecule has 1 saturated heterocycles. The first-order valence-electron chi connectivity index (χ1n) is 8.67. The number of amides is 1. The van der Waals surface area contributed by atoms with Crippen molar-refractivity contribution in [2.75, 3.05) is 37.9 Å². The van der Waals surface area contributed by atoms with Crippen LogP contribution in [0.25, 0.3) is 0 Å². The summed E-state index contributed by atoms with van der Waals surface area (Å²) in [6.07, 6.45) is 0.478. The summed E-state index contributed by atoms with van der Waals surface area (Å²) in [4.78, 5) is 16.8. The van der Waals surface area contributed by atoms with Crippen LogP contribution in [0.4, 0.5) is 5.69 Å². The molecule has 1 amide bonds. The van der Waals surface area contributed by atoms with E-state index >= 15 is 0 Å². The molecule has 25 heavy (non-hydrogen) atoms. The van der Waals surface area contributed by atoms with E-state index in [1.165, 1.54) is 5.56 Å². The van der Waals surface area contributed by atoms with Gasteiger partial charge in [-0.1, -0.05) is 29.8 Å². The van der Waals surface area contributed by atoms with Crippen LogP contribution in [0.1, 0.15) is 11.1 Å². The van der Waals surface area contributed by atoms with Gasteiger partial charge in [-0.3, -0.25) is 4.79 Å². The fraction of sp³-hybridized carbons (Fsp3) is 0.350. The normalized spacial score (nSPS) is 16.2. The molecule has 0 aromatic heterocycles. The molecule has 0 N–H and O–H groups in total. The van der Waals surface area contributed by atoms with E-state index in [0.717, 1.165) is 48.9 Å². The first-order chi connectivity index (χ1) is 12.2. The SMILES string of the molecule is Cc1cccc(CC(=O)N2CCN(c3ccc4c(c3)OCO4)CC2)c1. The number of piperazine rings is 1. The molecule has 0 radical (unpaired) electrons. The highest BCUT2D eigenvalue weighted by atomic mass is 16.7. The summed E-state index contributed by atoms with van der Waals surface area (Å²) in [5, 5.41) is 0. The fourth-order valence-electron chi connectivity index (χ4n) is 3.40. The third-order valence-electron chi connectivity index (χ3n) is 4.79. The second-order valence-corrected chi connectivity index (χ2v) is 6.57. The molecule has 0 atom stereocenters. The van der Waals surface area contributed by atoms with Crippen molar-refractivity contribution in [3.8, 4) is 11.5 Å². The van der Waals surface area contributed by atoms with Crippen LogP contribution < -0.4 is 14.4 Å². The molecule has 2 heterocycles. The summed E-state index contributed by atoms with van der Waals surface area (Å²) in [5.74, 6) is 1.81. The first kappa shape index (κ1) is 15.8. The average Bonchev–Trinajstić information content (AvgIpc) is 3.09. The summed E-state index contributed by atoms with van der Waals surface area (Å²) in [7, 11) is 0. The smallest absolute Gasteiger partial charge is 0.231 e. The molecule has 5 nitrogen and oxygen atoms in total. The highest BCUT2D eigenvalue weighted by Gasteiger charge is 2.23. The van der Waals surface area contributed by atoms with Gasteiger partial charge < -0.3 is 19.3 Å². The highest BCUT2D eigenvalue weighted by Crippen LogP contribution is 2.35. The van der Waals surface area contributed by atoms with Crippen LogP contribution in [0.5, 0.6) is 11.5 Å². The average molecular weight is 338 g/mol. The standard InChI is InChI=1S/C20H22N2O3/c1-15-3-2-4-16(11-15)12-20(23)22-9-7-21(8-10-22)17-5-6-18-19(13-17)25-14-24-18/h2-6,11,13H,7-10,12,14H2,1H3. The van der Waals surface area contributed by atoms with Crippen molar-refractivity contribution in [3.63, 3.8) is 0 Å². The molecular formula is C20H22N2O3. The highest BCUT2D eigenvalue weighted by molar-refractivity contribution is 5.79. The van der Waals surface area contributed by atoms with Crippen LogP contribution in [0.15, 0.2) is 42.5 Å². The Morgan fingerprint density at radius 2 is 1.80 bits per heavy atom. The van der Waals surface area contributed by atoms with Crippen LogP contribution in [0.2, 0.25) is 0 Å². The number of benzene rings is 2. The van der Waals surface area contributed by atoms with Crippen molar-refractivity contribution in [3.05, 3.63) is 53.6 Å². The minimum absolute atomic E-state index is 0.205. The molecule has 0 aliphatic carbocycles. The number of hydrogen-bond acceptors (Lipinski definition) is 4. The van der Waals surface area contributed by atoms with E-state index in [4.69, 9.17) is 9.47 Å². The van der Waals surface area contributed by atoms with Gasteiger partial charge in [0.2, 0.25) is 12.7 Å². The number of aryl methyl sites for hydroxylation is 1. The van der Waals surface area contributed by atoms with Gasteiger partial charge in [-0.05, 0) is 24.6 Å². The van der Waals surface area contributed by atoms with E-state index in [1.54, 1.807) is 0 Å². The van der Waals surface area contributed by atoms with Crippen molar-refractivity contribution in [2.45, 2.75) is 13.3 Å². The number of carbonyl (C=O) groups is 1. The lowest BCUT2D eigenvalue weighted by Gasteiger charge is -2.36. The van der Waals surface area contributed by atoms with Crippen molar-refractivity contribution in [1.82, 2.24) is 4.90 Å². The van der Waals surface area contributed by atoms with Crippen LogP contribution in [-0.4, -0.2) is 43.8 Å². The Hall–Kier alpha value is -2.69. The van der Waals surface area contributed by atoms with E-state index in [0.29, 0.717) is 13.2 Å². The van der Waals surface area contributed by atoms with Gasteiger partial charge >= 0.3 is 0 Å². The lowest BCUT2D eigenvalue weighted by molar-refractivity contribution is -0.130. The van der Waals surface area contributed by atoms with Gasteiger partial charge in [0.25, 0.3) is 0 Å². The molecule has 0 spiro atoms. The number of nitrogens with zero attached hydrogens (tertiary/aromatic N) is 2. The second-order valence-electron chi connectivity index (χ2n) is 6.57. The zero-order valence-corrected chi connectivity index (χ0v) is 14.4. The lowest BCUT2D eigenvalue weighted by Crippen LogP contribution is -2.49. The predicted octanol–water partition coefficient (Wildman–Crippen LogP) is 2.62. The van der Waals surface area contributed by atoms with E-state index in [2.05, 4.69) is 30.0 Å². The Bertz CT molecular complexity index is 782. The number of ether oxygens (including phenoxy) is 2. The van der Waals surface area contributed by atoms with Crippen LogP contribution >= 0.6 is 0 Å². The third-order valence-corrected chi connectivity index (χ3v) is 4.79. The molecule has 0 saturated carbocycles. The van der Waals surface area contributed by atoms with Gasteiger partial charge in [0.15, 0.2) is 11.5 Å². The number of fused-ring (bicyclic) bond motifs is 1. The number of carbonyl (C=O) groups excluding carboxylic acids is 1. The zero-order chi connectivity index (χ0) is 17.2. The van der Waals surface area contributed by atoms with Gasteiger partial charge in [-0.2, -0.15) is 0 Å². The number of rotatable bonds is 3. The maximum absolute atomic E-state index is 12.5. The molecule has 0 unspecified atom stereocenters. The summed E-state index contributed by atoms with van der Waals surface area (Å²) in [6.45, 7) is 5.51. The molecular weight excluding hydrogens is 316 g/mol. The Kier molecular flexibility index (Phi) is 4.22. The van der Waals surface area contributed by atoms with Crippen LogP contribution in [0.3, 0.4) is 0 Å². The monoisotopic (exact) mass is 338 g/mol. The first-order valence-corrected chi connectivity index (χ1v) is 8.67. The largest absolute Gasteiger partial charge is 0.454 e. The molecule has 0 bridgehead atoms. The van der Waals surface area contributed by atoms with Crippen molar-refractivity contribution in [1.29, 1.82) is 0 Å². The van der Waals surface area contributed by atoms with E-state index in [9.17, 15) is 4.79 Å². The number of hydrogen-bond donors (Lipinski definition) is 0. The van der Waals surface area contributed by atoms with Crippen LogP contribution in [-0.2, 0) is 11.2 Å². The summed E-state index contributed by atoms with van der Waals surface area (Å²) >= 11 is 0. The zero-order valence-electron chi connectivity index (χ0n) is 14.4. The topological polar surface area (TPSA) is 42.0 Å². The molecule has 4 rings (SSSR count). The predicted molar refractivity (Wildman–Crippen MR) is 96.2 cm³/mol. The van der Waals surface area contributed by atoms with Gasteiger partial charge in [0, 0.05) is 37.9 Å². The molecule has 2 aromatic rings. The summed E-state index contributed by atoms with van der Waals surface area (Å²) in [5.41, 5.74) is 3.40. The van der Waals surface area contributed by atoms with Crippen molar-refractivity contribution < 1.29 is 14.3 Å². The Labute approximate surface area is 147 Å². The Morgan fingerprint density at radius 1 is 1.00 bits per heavy atom. The van der Waals surface area contributed by atoms with E-state index in [-0.39, 0.29) is 5.91 Å². The quantitative estimate of drug-likeness (QED) is 0.863. The molecule has 1 fully saturated rings. The molecule has 2 aliphatic rings. The maximum atomic E-state index is 12.5. The van der Waals surface area contributed by atoms with Gasteiger partial charge in [0.1, 0.15) is 0 Å². The number of anilines is 1. The van der Waals surface area contributed by atoms with Crippen LogP contribution in [0, 0.1) is 6.92 Å². The van der Waals surface area contributed by atoms with E-state index in [1.807, 2.05) is 29.2 Å². The summed E-state index contributed by atoms with van der Waals surface area (Å²) < 4.78 is 10.8. The minimum Gasteiger partial charge on any atom is -0.454 e. The Balaban J connectivity index is 1.35. The van der Waals surface area contributed by atoms with Crippen molar-refractivity contribution in [2.24, 2.45) is 0 Å².